The van der Waals surface area contributed by atoms with Crippen molar-refractivity contribution in [3.63, 3.8) is 0 Å². The van der Waals surface area contributed by atoms with Crippen molar-refractivity contribution in [3.05, 3.63) is 249 Å². The third-order valence-corrected chi connectivity index (χ3v) is 14.6. The number of benzene rings is 11. The average Bonchev–Trinajstić information content (AvgIpc) is 4.17. The lowest BCUT2D eigenvalue weighted by atomic mass is 10.00. The predicted molar refractivity (Wildman–Crippen MR) is 293 cm³/mol. The Hall–Kier alpha value is -9.38. The first-order valence-electron chi connectivity index (χ1n) is 24.0. The molecule has 0 spiro atoms. The van der Waals surface area contributed by atoms with Gasteiger partial charge in [-0.2, -0.15) is 0 Å². The molecule has 15 aromatic rings. The number of furan rings is 1. The van der Waals surface area contributed by atoms with Crippen LogP contribution in [0.5, 0.6) is 0 Å². The summed E-state index contributed by atoms with van der Waals surface area (Å²) in [6.07, 6.45) is 0. The van der Waals surface area contributed by atoms with Gasteiger partial charge in [-0.3, -0.25) is 0 Å². The van der Waals surface area contributed by atoms with E-state index in [1.54, 1.807) is 0 Å². The lowest BCUT2D eigenvalue weighted by Gasteiger charge is -2.12. The number of nitrogens with zero attached hydrogens (tertiary/aromatic N) is 3. The van der Waals surface area contributed by atoms with Gasteiger partial charge in [-0.15, -0.1) is 0 Å². The SMILES string of the molecule is c1ccc(-n2c3ccccc3c3cc(-c4ccc5c6ccc(-c7ccc8c(c7)c7ccccc7n8-c7ccccc7)cc6n(-c6ccc(-c7cccc8c7oc7ccccc78)cc6)c5c4)ccc32)cc1. The Morgan fingerprint density at radius 2 is 0.629 bits per heavy atom. The summed E-state index contributed by atoms with van der Waals surface area (Å²) in [5.74, 6) is 0. The highest BCUT2D eigenvalue weighted by atomic mass is 16.3. The maximum Gasteiger partial charge on any atom is 0.143 e. The van der Waals surface area contributed by atoms with Crippen LogP contribution in [0.1, 0.15) is 0 Å². The van der Waals surface area contributed by atoms with Crippen molar-refractivity contribution in [2.24, 2.45) is 0 Å². The summed E-state index contributed by atoms with van der Waals surface area (Å²) >= 11 is 0. The van der Waals surface area contributed by atoms with Crippen molar-refractivity contribution in [3.8, 4) is 50.4 Å². The van der Waals surface area contributed by atoms with Gasteiger partial charge in [0, 0.05) is 65.7 Å². The van der Waals surface area contributed by atoms with Crippen LogP contribution in [-0.2, 0) is 0 Å². The highest BCUT2D eigenvalue weighted by Crippen LogP contribution is 2.42. The Balaban J connectivity index is 0.920. The molecule has 0 saturated carbocycles. The fraction of sp³-hybridized carbons (Fsp3) is 0. The van der Waals surface area contributed by atoms with E-state index in [1.165, 1.54) is 76.6 Å². The van der Waals surface area contributed by atoms with Gasteiger partial charge in [0.15, 0.2) is 0 Å². The van der Waals surface area contributed by atoms with Gasteiger partial charge in [-0.25, -0.2) is 0 Å². The van der Waals surface area contributed by atoms with E-state index >= 15 is 0 Å². The first kappa shape index (κ1) is 38.7. The molecule has 0 bridgehead atoms. The molecule has 0 radical (unpaired) electrons. The molecule has 0 fully saturated rings. The summed E-state index contributed by atoms with van der Waals surface area (Å²) in [6.45, 7) is 0. The molecule has 0 N–H and O–H groups in total. The highest BCUT2D eigenvalue weighted by molar-refractivity contribution is 6.15. The molecule has 4 heteroatoms. The molecule has 15 rings (SSSR count). The first-order valence-corrected chi connectivity index (χ1v) is 24.0. The van der Waals surface area contributed by atoms with Crippen LogP contribution in [0.15, 0.2) is 253 Å². The number of hydrogen-bond acceptors (Lipinski definition) is 1. The van der Waals surface area contributed by atoms with Crippen molar-refractivity contribution in [2.45, 2.75) is 0 Å². The van der Waals surface area contributed by atoms with E-state index in [0.717, 1.165) is 61.2 Å². The lowest BCUT2D eigenvalue weighted by molar-refractivity contribution is 0.670. The van der Waals surface area contributed by atoms with Crippen molar-refractivity contribution >= 4 is 87.4 Å². The molecule has 0 amide bonds. The minimum absolute atomic E-state index is 0.903. The van der Waals surface area contributed by atoms with Crippen LogP contribution in [0.3, 0.4) is 0 Å². The van der Waals surface area contributed by atoms with Crippen LogP contribution in [0.4, 0.5) is 0 Å². The maximum atomic E-state index is 6.51. The molecule has 326 valence electrons. The lowest BCUT2D eigenvalue weighted by Crippen LogP contribution is -1.95. The molecular formula is C66H41N3O. The first-order chi connectivity index (χ1) is 34.7. The second kappa shape index (κ2) is 15.1. The van der Waals surface area contributed by atoms with Gasteiger partial charge >= 0.3 is 0 Å². The molecule has 4 nitrogen and oxygen atoms in total. The molecule has 0 atom stereocenters. The van der Waals surface area contributed by atoms with Gasteiger partial charge in [0.1, 0.15) is 11.2 Å². The molecule has 11 aromatic carbocycles. The van der Waals surface area contributed by atoms with E-state index in [-0.39, 0.29) is 0 Å². The largest absolute Gasteiger partial charge is 0.455 e. The third-order valence-electron chi connectivity index (χ3n) is 14.6. The van der Waals surface area contributed by atoms with Crippen molar-refractivity contribution in [1.29, 1.82) is 0 Å². The van der Waals surface area contributed by atoms with Crippen molar-refractivity contribution in [1.82, 2.24) is 13.7 Å². The molecule has 0 unspecified atom stereocenters. The molecule has 0 aliphatic carbocycles. The molecule has 4 aromatic heterocycles. The van der Waals surface area contributed by atoms with Gasteiger partial charge in [0.2, 0.25) is 0 Å². The number of rotatable bonds is 6. The molecule has 4 heterocycles. The summed E-state index contributed by atoms with van der Waals surface area (Å²) in [4.78, 5) is 0. The predicted octanol–water partition coefficient (Wildman–Crippen LogP) is 17.9. The van der Waals surface area contributed by atoms with Gasteiger partial charge in [0.25, 0.3) is 0 Å². The van der Waals surface area contributed by atoms with E-state index < -0.39 is 0 Å². The zero-order valence-electron chi connectivity index (χ0n) is 37.9. The molecular weight excluding hydrogens is 851 g/mol. The van der Waals surface area contributed by atoms with Gasteiger partial charge < -0.3 is 18.1 Å². The summed E-state index contributed by atoms with van der Waals surface area (Å²) in [5.41, 5.74) is 19.2. The second-order valence-corrected chi connectivity index (χ2v) is 18.5. The standard InChI is InChI=1S/C66H41N3O/c1-3-14-47(15-4-1)67-59-23-10-7-18-51(59)57-38-43(30-36-61(57)67)45-28-34-53-54-35-29-46(44-31-37-62-58(39-44)52-19-8-11-24-60(52)68(62)48-16-5-2-6-17-48)41-64(54)69(63(53)40-45)49-32-26-42(27-33-49)50-21-13-22-56-55-20-9-12-25-65(55)70-66(50)56/h1-41H. The Morgan fingerprint density at radius 1 is 0.229 bits per heavy atom. The van der Waals surface area contributed by atoms with E-state index in [1.807, 2.05) is 6.07 Å². The number of para-hydroxylation sites is 6. The summed E-state index contributed by atoms with van der Waals surface area (Å²) in [7, 11) is 0. The fourth-order valence-electron chi connectivity index (χ4n) is 11.4. The fourth-order valence-corrected chi connectivity index (χ4v) is 11.4. The smallest absolute Gasteiger partial charge is 0.143 e. The monoisotopic (exact) mass is 891 g/mol. The topological polar surface area (TPSA) is 27.9 Å². The molecule has 0 aliphatic rings. The molecule has 70 heavy (non-hydrogen) atoms. The minimum atomic E-state index is 0.903. The van der Waals surface area contributed by atoms with E-state index in [2.05, 4.69) is 256 Å². The van der Waals surface area contributed by atoms with Crippen LogP contribution in [0.2, 0.25) is 0 Å². The van der Waals surface area contributed by atoms with E-state index in [9.17, 15) is 0 Å². The average molecular weight is 892 g/mol. The zero-order valence-corrected chi connectivity index (χ0v) is 37.9. The third kappa shape index (κ3) is 5.77. The Morgan fingerprint density at radius 3 is 1.20 bits per heavy atom. The van der Waals surface area contributed by atoms with Crippen molar-refractivity contribution in [2.75, 3.05) is 0 Å². The molecule has 0 saturated heterocycles. The summed E-state index contributed by atoms with van der Waals surface area (Å²) < 4.78 is 13.7. The van der Waals surface area contributed by atoms with Gasteiger partial charge in [-0.1, -0.05) is 158 Å². The maximum absolute atomic E-state index is 6.51. The Labute approximate surface area is 402 Å². The number of fused-ring (bicyclic) bond motifs is 12. The van der Waals surface area contributed by atoms with Crippen LogP contribution < -0.4 is 0 Å². The Kier molecular flexibility index (Phi) is 8.33. The van der Waals surface area contributed by atoms with Crippen LogP contribution in [0.25, 0.3) is 138 Å². The highest BCUT2D eigenvalue weighted by Gasteiger charge is 2.19. The Bertz CT molecular complexity index is 4350. The summed E-state index contributed by atoms with van der Waals surface area (Å²) in [6, 6.07) is 90.6. The quantitative estimate of drug-likeness (QED) is 0.163. The minimum Gasteiger partial charge on any atom is -0.455 e. The summed E-state index contributed by atoms with van der Waals surface area (Å²) in [5, 5.41) is 9.65. The van der Waals surface area contributed by atoms with Crippen LogP contribution in [0, 0.1) is 0 Å². The normalized spacial score (nSPS) is 12.0. The van der Waals surface area contributed by atoms with Crippen molar-refractivity contribution < 1.29 is 4.42 Å². The van der Waals surface area contributed by atoms with E-state index in [4.69, 9.17) is 4.42 Å². The van der Waals surface area contributed by atoms with Gasteiger partial charge in [0.05, 0.1) is 33.1 Å². The number of hydrogen-bond donors (Lipinski definition) is 0. The van der Waals surface area contributed by atoms with Gasteiger partial charge in [-0.05, 0) is 119 Å². The number of aromatic nitrogens is 3. The second-order valence-electron chi connectivity index (χ2n) is 18.5. The molecule has 0 aliphatic heterocycles. The zero-order chi connectivity index (χ0) is 45.9. The van der Waals surface area contributed by atoms with Crippen LogP contribution >= 0.6 is 0 Å². The van der Waals surface area contributed by atoms with E-state index in [0.29, 0.717) is 0 Å². The van der Waals surface area contributed by atoms with Crippen LogP contribution in [-0.4, -0.2) is 13.7 Å².